The lowest BCUT2D eigenvalue weighted by molar-refractivity contribution is 0.00975. The summed E-state index contributed by atoms with van der Waals surface area (Å²) < 4.78 is 5.38. The average molecular weight is 383 g/mol. The zero-order valence-electron chi connectivity index (χ0n) is 16.4. The van der Waals surface area contributed by atoms with Crippen molar-refractivity contribution in [2.24, 2.45) is 0 Å². The van der Waals surface area contributed by atoms with Crippen molar-refractivity contribution in [1.82, 2.24) is 25.3 Å². The van der Waals surface area contributed by atoms with Crippen LogP contribution in [0, 0.1) is 0 Å². The number of hydrazine groups is 1. The lowest BCUT2D eigenvalue weighted by Gasteiger charge is -2.35. The summed E-state index contributed by atoms with van der Waals surface area (Å²) >= 11 is 0. The second-order valence-electron chi connectivity index (χ2n) is 7.56. The molecule has 1 aliphatic rings. The lowest BCUT2D eigenvalue weighted by Crippen LogP contribution is -2.55. The van der Waals surface area contributed by atoms with Crippen LogP contribution in [0.25, 0.3) is 11.4 Å². The van der Waals surface area contributed by atoms with Crippen molar-refractivity contribution in [2.45, 2.75) is 26.4 Å². The molecule has 8 nitrogen and oxygen atoms in total. The number of ether oxygens (including phenoxy) is 1. The summed E-state index contributed by atoms with van der Waals surface area (Å²) in [5, 5.41) is 1.79. The van der Waals surface area contributed by atoms with Gasteiger partial charge in [0.25, 0.3) is 5.91 Å². The molecule has 2 amide bonds. The number of benzene rings is 1. The summed E-state index contributed by atoms with van der Waals surface area (Å²) in [6, 6.07) is 9.58. The maximum Gasteiger partial charge on any atom is 0.410 e. The molecule has 1 N–H and O–H groups in total. The smallest absolute Gasteiger partial charge is 0.410 e. The standard InChI is InChI=1S/C20H25N5O3/c1-20(2,3)28-19(27)24-9-11-25(12-10-24)23-18(26)16-13-21-17(22-14-16)15-7-5-4-6-8-15/h4-8,13-14H,9-12H2,1-3H3,(H,23,26). The van der Waals surface area contributed by atoms with Crippen molar-refractivity contribution < 1.29 is 14.3 Å². The fraction of sp³-hybridized carbons (Fsp3) is 0.400. The minimum atomic E-state index is -0.519. The number of amides is 2. The summed E-state index contributed by atoms with van der Waals surface area (Å²) in [5.41, 5.74) is 3.60. The van der Waals surface area contributed by atoms with E-state index in [1.165, 1.54) is 12.4 Å². The van der Waals surface area contributed by atoms with E-state index in [-0.39, 0.29) is 12.0 Å². The second-order valence-corrected chi connectivity index (χ2v) is 7.56. The molecule has 3 rings (SSSR count). The summed E-state index contributed by atoms with van der Waals surface area (Å²) in [6.07, 6.45) is 2.70. The molecule has 2 heterocycles. The van der Waals surface area contributed by atoms with E-state index in [1.807, 2.05) is 51.1 Å². The first kappa shape index (κ1) is 19.8. The molecule has 1 saturated heterocycles. The Hall–Kier alpha value is -3.00. The van der Waals surface area contributed by atoms with Gasteiger partial charge >= 0.3 is 6.09 Å². The van der Waals surface area contributed by atoms with Crippen molar-refractivity contribution in [2.75, 3.05) is 26.2 Å². The predicted octanol–water partition coefficient (Wildman–Crippen LogP) is 2.34. The van der Waals surface area contributed by atoms with Crippen LogP contribution in [-0.2, 0) is 4.74 Å². The maximum atomic E-state index is 12.4. The molecule has 0 atom stereocenters. The molecule has 0 bridgehead atoms. The minimum absolute atomic E-state index is 0.273. The Morgan fingerprint density at radius 1 is 1.00 bits per heavy atom. The first-order chi connectivity index (χ1) is 13.3. The van der Waals surface area contributed by atoms with E-state index in [0.717, 1.165) is 5.56 Å². The zero-order valence-corrected chi connectivity index (χ0v) is 16.4. The molecule has 0 aliphatic carbocycles. The van der Waals surface area contributed by atoms with Gasteiger partial charge in [-0.05, 0) is 20.8 Å². The van der Waals surface area contributed by atoms with Crippen molar-refractivity contribution >= 4 is 12.0 Å². The summed E-state index contributed by atoms with van der Waals surface area (Å²) in [6.45, 7) is 7.53. The van der Waals surface area contributed by atoms with Crippen LogP contribution in [-0.4, -0.2) is 63.7 Å². The average Bonchev–Trinajstić information content (AvgIpc) is 2.68. The number of rotatable bonds is 3. The molecule has 0 saturated carbocycles. The zero-order chi connectivity index (χ0) is 20.1. The van der Waals surface area contributed by atoms with E-state index in [1.54, 1.807) is 9.91 Å². The molecular formula is C20H25N5O3. The van der Waals surface area contributed by atoms with Gasteiger partial charge in [-0.1, -0.05) is 30.3 Å². The third-order valence-corrected chi connectivity index (χ3v) is 4.14. The number of carbonyl (C=O) groups is 2. The quantitative estimate of drug-likeness (QED) is 0.875. The van der Waals surface area contributed by atoms with E-state index in [2.05, 4.69) is 15.4 Å². The van der Waals surface area contributed by atoms with Crippen molar-refractivity contribution in [3.8, 4) is 11.4 Å². The largest absolute Gasteiger partial charge is 0.444 e. The van der Waals surface area contributed by atoms with Crippen LogP contribution in [0.3, 0.4) is 0 Å². The Labute approximate surface area is 164 Å². The third kappa shape index (κ3) is 5.26. The molecular weight excluding hydrogens is 358 g/mol. The Morgan fingerprint density at radius 2 is 1.61 bits per heavy atom. The summed E-state index contributed by atoms with van der Waals surface area (Å²) in [7, 11) is 0. The van der Waals surface area contributed by atoms with E-state index in [4.69, 9.17) is 4.74 Å². The highest BCUT2D eigenvalue weighted by molar-refractivity contribution is 5.93. The molecule has 148 valence electrons. The summed E-state index contributed by atoms with van der Waals surface area (Å²) in [4.78, 5) is 34.7. The van der Waals surface area contributed by atoms with Crippen molar-refractivity contribution in [1.29, 1.82) is 0 Å². The van der Waals surface area contributed by atoms with Gasteiger partial charge < -0.3 is 9.64 Å². The number of nitrogens with one attached hydrogen (secondary N) is 1. The Kier molecular flexibility index (Phi) is 5.89. The molecule has 0 spiro atoms. The first-order valence-corrected chi connectivity index (χ1v) is 9.23. The molecule has 1 aromatic heterocycles. The van der Waals surface area contributed by atoms with Gasteiger partial charge in [0, 0.05) is 44.1 Å². The predicted molar refractivity (Wildman–Crippen MR) is 104 cm³/mol. The number of piperazine rings is 1. The third-order valence-electron chi connectivity index (χ3n) is 4.14. The van der Waals surface area contributed by atoms with Gasteiger partial charge in [-0.2, -0.15) is 0 Å². The van der Waals surface area contributed by atoms with E-state index in [9.17, 15) is 9.59 Å². The molecule has 1 fully saturated rings. The van der Waals surface area contributed by atoms with Gasteiger partial charge in [0.1, 0.15) is 5.60 Å². The first-order valence-electron chi connectivity index (χ1n) is 9.23. The van der Waals surface area contributed by atoms with Gasteiger partial charge in [0.05, 0.1) is 5.56 Å². The SMILES string of the molecule is CC(C)(C)OC(=O)N1CCN(NC(=O)c2cnc(-c3ccccc3)nc2)CC1. The molecule has 0 unspecified atom stereocenters. The topological polar surface area (TPSA) is 87.7 Å². The molecule has 1 aromatic carbocycles. The van der Waals surface area contributed by atoms with Crippen LogP contribution in [0.5, 0.6) is 0 Å². The number of nitrogens with zero attached hydrogens (tertiary/aromatic N) is 4. The van der Waals surface area contributed by atoms with E-state index in [0.29, 0.717) is 37.6 Å². The molecule has 0 radical (unpaired) electrons. The van der Waals surface area contributed by atoms with Crippen molar-refractivity contribution in [3.05, 3.63) is 48.3 Å². The Bertz CT molecular complexity index is 810. The Morgan fingerprint density at radius 3 is 2.18 bits per heavy atom. The number of hydrogen-bond acceptors (Lipinski definition) is 6. The van der Waals surface area contributed by atoms with Crippen molar-refractivity contribution in [3.63, 3.8) is 0 Å². The highest BCUT2D eigenvalue weighted by atomic mass is 16.6. The highest BCUT2D eigenvalue weighted by Crippen LogP contribution is 2.14. The van der Waals surface area contributed by atoms with E-state index < -0.39 is 5.60 Å². The minimum Gasteiger partial charge on any atom is -0.444 e. The summed E-state index contributed by atoms with van der Waals surface area (Å²) in [5.74, 6) is 0.299. The fourth-order valence-electron chi connectivity index (χ4n) is 2.72. The van der Waals surface area contributed by atoms with Gasteiger partial charge in [-0.25, -0.2) is 19.8 Å². The van der Waals surface area contributed by atoms with E-state index >= 15 is 0 Å². The molecule has 2 aromatic rings. The fourth-order valence-corrected chi connectivity index (χ4v) is 2.72. The van der Waals surface area contributed by atoms with Gasteiger partial charge in [-0.15, -0.1) is 0 Å². The number of aromatic nitrogens is 2. The Balaban J connectivity index is 1.51. The second kappa shape index (κ2) is 8.35. The van der Waals surface area contributed by atoms with Crippen LogP contribution in [0.2, 0.25) is 0 Å². The van der Waals surface area contributed by atoms with Gasteiger partial charge in [0.15, 0.2) is 5.82 Å². The van der Waals surface area contributed by atoms with Gasteiger partial charge in [0.2, 0.25) is 0 Å². The normalized spacial score (nSPS) is 15.2. The van der Waals surface area contributed by atoms with Crippen LogP contribution in [0.4, 0.5) is 4.79 Å². The number of carbonyl (C=O) groups excluding carboxylic acids is 2. The van der Waals surface area contributed by atoms with Crippen LogP contribution in [0.1, 0.15) is 31.1 Å². The van der Waals surface area contributed by atoms with Gasteiger partial charge in [-0.3, -0.25) is 10.2 Å². The molecule has 1 aliphatic heterocycles. The van der Waals surface area contributed by atoms with Crippen LogP contribution >= 0.6 is 0 Å². The monoisotopic (exact) mass is 383 g/mol. The molecule has 8 heteroatoms. The van der Waals surface area contributed by atoms with Crippen LogP contribution < -0.4 is 5.43 Å². The maximum absolute atomic E-state index is 12.4. The number of hydrogen-bond donors (Lipinski definition) is 1. The highest BCUT2D eigenvalue weighted by Gasteiger charge is 2.26. The molecule has 28 heavy (non-hydrogen) atoms. The van der Waals surface area contributed by atoms with Crippen LogP contribution in [0.15, 0.2) is 42.7 Å². The lowest BCUT2D eigenvalue weighted by atomic mass is 10.2.